The molecule has 1 N–H and O–H groups in total. The van der Waals surface area contributed by atoms with E-state index < -0.39 is 81.0 Å². The van der Waals surface area contributed by atoms with E-state index in [-0.39, 0.29) is 36.1 Å². The van der Waals surface area contributed by atoms with Crippen LogP contribution in [0, 0.1) is 27.8 Å². The molecule has 0 aromatic heterocycles. The fraction of sp³-hybridized carbons (Fsp3) is 0.382. The Balaban J connectivity index is 1.44. The van der Waals surface area contributed by atoms with Gasteiger partial charge in [-0.2, -0.15) is 0 Å². The summed E-state index contributed by atoms with van der Waals surface area (Å²) in [6.07, 6.45) is -3.52. The molecule has 3 heterocycles. The second-order valence-electron chi connectivity index (χ2n) is 12.9. The number of ether oxygens (including phenoxy) is 2. The molecule has 7 rings (SSSR count). The number of hydrogen-bond acceptors (Lipinski definition) is 8. The number of anilines is 2. The van der Waals surface area contributed by atoms with Crippen LogP contribution in [-0.4, -0.2) is 59.7 Å². The molecule has 4 aliphatic rings. The van der Waals surface area contributed by atoms with E-state index in [0.717, 1.165) is 17.7 Å². The van der Waals surface area contributed by atoms with Crippen molar-refractivity contribution >= 4 is 58.0 Å². The van der Waals surface area contributed by atoms with E-state index in [2.05, 4.69) is 10.1 Å². The molecule has 2 amide bonds. The normalized spacial score (nSPS) is 24.4. The number of carbonyl (C=O) groups is 3. The van der Waals surface area contributed by atoms with Crippen LogP contribution in [0.3, 0.4) is 0 Å². The average Bonchev–Trinajstić information content (AvgIpc) is 3.77. The predicted octanol–water partition coefficient (Wildman–Crippen LogP) is 7.19. The first-order valence-electron chi connectivity index (χ1n) is 16.1. The van der Waals surface area contributed by atoms with Crippen molar-refractivity contribution in [2.75, 3.05) is 29.9 Å². The number of alkyl halides is 3. The molecule has 1 spiro atoms. The highest BCUT2D eigenvalue weighted by Gasteiger charge is 2.70. The predicted molar refractivity (Wildman–Crippen MR) is 175 cm³/mol. The standard InChI is InChI=1S/C34H28Cl2F4N4O7/c1-2-50-31(46)19-13-25(44(48)49)24(14-26(19)51-34(38,39)40)42-11-10-23-27(30(42)45)28(18-4-3-5-21(36)29(18)37)33(43(23)15-16-6-7-16)20-9-8-17(35)12-22(20)41-32(33)47/h3-5,8-9,12-14,16,23,27-28H,2,6-7,10-11,15H2,1H3,(H,41,47)/t23-,27+,28-,33+/m0/s1. The molecule has 51 heavy (non-hydrogen) atoms. The summed E-state index contributed by atoms with van der Waals surface area (Å²) >= 11 is 12.6. The molecule has 4 atom stereocenters. The summed E-state index contributed by atoms with van der Waals surface area (Å²) in [4.78, 5) is 56.4. The summed E-state index contributed by atoms with van der Waals surface area (Å²) in [6.45, 7) is 1.27. The summed E-state index contributed by atoms with van der Waals surface area (Å²) in [5, 5.41) is 15.3. The lowest BCUT2D eigenvalue weighted by molar-refractivity contribution is -0.384. The molecule has 3 aromatic rings. The van der Waals surface area contributed by atoms with Crippen LogP contribution >= 0.6 is 23.2 Å². The van der Waals surface area contributed by atoms with Gasteiger partial charge in [0.25, 0.3) is 5.69 Å². The van der Waals surface area contributed by atoms with Crippen LogP contribution in [0.1, 0.15) is 53.6 Å². The minimum atomic E-state index is -5.33. The number of likely N-dealkylation sites (tertiary alicyclic amines) is 1. The van der Waals surface area contributed by atoms with Crippen LogP contribution in [0.15, 0.2) is 48.5 Å². The number of nitrogens with zero attached hydrogens (tertiary/aromatic N) is 3. The van der Waals surface area contributed by atoms with E-state index >= 15 is 4.39 Å². The van der Waals surface area contributed by atoms with Gasteiger partial charge in [-0.3, -0.25) is 24.6 Å². The molecule has 3 aromatic carbocycles. The van der Waals surface area contributed by atoms with Gasteiger partial charge in [-0.1, -0.05) is 41.4 Å². The van der Waals surface area contributed by atoms with Gasteiger partial charge in [-0.05, 0) is 55.9 Å². The number of benzene rings is 3. The van der Waals surface area contributed by atoms with E-state index in [4.69, 9.17) is 27.9 Å². The zero-order chi connectivity index (χ0) is 36.6. The quantitative estimate of drug-likeness (QED) is 0.111. The van der Waals surface area contributed by atoms with Crippen LogP contribution in [-0.2, 0) is 19.9 Å². The summed E-state index contributed by atoms with van der Waals surface area (Å²) in [7, 11) is 0. The van der Waals surface area contributed by atoms with Crippen molar-refractivity contribution < 1.29 is 46.3 Å². The molecule has 17 heteroatoms. The van der Waals surface area contributed by atoms with Gasteiger partial charge < -0.3 is 19.7 Å². The molecule has 1 saturated carbocycles. The summed E-state index contributed by atoms with van der Waals surface area (Å²) in [5.41, 5.74) is -3.25. The summed E-state index contributed by atoms with van der Waals surface area (Å²) in [5.74, 6) is -7.00. The van der Waals surface area contributed by atoms with Gasteiger partial charge in [-0.25, -0.2) is 9.18 Å². The summed E-state index contributed by atoms with van der Waals surface area (Å²) in [6, 6.07) is 9.46. The molecule has 0 unspecified atom stereocenters. The number of esters is 1. The first kappa shape index (κ1) is 35.0. The Morgan fingerprint density at radius 3 is 2.53 bits per heavy atom. The maximum absolute atomic E-state index is 16.2. The van der Waals surface area contributed by atoms with Crippen molar-refractivity contribution in [2.45, 2.75) is 50.0 Å². The molecular weight excluding hydrogens is 723 g/mol. The lowest BCUT2D eigenvalue weighted by atomic mass is 9.70. The second-order valence-corrected chi connectivity index (χ2v) is 13.7. The molecule has 11 nitrogen and oxygen atoms in total. The van der Waals surface area contributed by atoms with Gasteiger partial charge in [0, 0.05) is 53.5 Å². The van der Waals surface area contributed by atoms with E-state index in [1.54, 1.807) is 18.2 Å². The topological polar surface area (TPSA) is 131 Å². The van der Waals surface area contributed by atoms with E-state index in [1.807, 2.05) is 4.90 Å². The molecule has 268 valence electrons. The Morgan fingerprint density at radius 1 is 1.12 bits per heavy atom. The molecule has 0 radical (unpaired) electrons. The van der Waals surface area contributed by atoms with Crippen LogP contribution < -0.4 is 15.0 Å². The SMILES string of the molecule is CCOC(=O)c1cc([N+](=O)[O-])c(N2CC[C@H]3[C@@H](C2=O)[C@H](c2cccc(Cl)c2F)[C@]2(C(=O)Nc4cc(Cl)ccc42)N3CC2CC2)cc1OC(F)(F)F. The third kappa shape index (κ3) is 5.75. The average molecular weight is 752 g/mol. The number of carbonyl (C=O) groups excluding carboxylic acids is 3. The van der Waals surface area contributed by atoms with Crippen molar-refractivity contribution in [3.8, 4) is 5.75 Å². The van der Waals surface area contributed by atoms with Crippen LogP contribution in [0.25, 0.3) is 0 Å². The summed E-state index contributed by atoms with van der Waals surface area (Å²) < 4.78 is 65.9. The maximum atomic E-state index is 16.2. The van der Waals surface area contributed by atoms with Crippen molar-refractivity contribution in [3.05, 3.63) is 91.2 Å². The van der Waals surface area contributed by atoms with Crippen molar-refractivity contribution in [1.29, 1.82) is 0 Å². The van der Waals surface area contributed by atoms with Gasteiger partial charge in [0.05, 0.1) is 22.5 Å². The minimum absolute atomic E-state index is 0.0581. The zero-order valence-electron chi connectivity index (χ0n) is 26.6. The van der Waals surface area contributed by atoms with E-state index in [0.29, 0.717) is 35.0 Å². The van der Waals surface area contributed by atoms with Crippen LogP contribution in [0.2, 0.25) is 10.0 Å². The number of nitro groups is 1. The largest absolute Gasteiger partial charge is 0.573 e. The van der Waals surface area contributed by atoms with Crippen molar-refractivity contribution in [1.82, 2.24) is 4.90 Å². The van der Waals surface area contributed by atoms with Gasteiger partial charge in [0.15, 0.2) is 0 Å². The number of amides is 2. The van der Waals surface area contributed by atoms with E-state index in [1.165, 1.54) is 25.1 Å². The Labute approximate surface area is 297 Å². The first-order valence-corrected chi connectivity index (χ1v) is 16.8. The number of piperidine rings is 1. The first-order chi connectivity index (χ1) is 24.2. The number of fused-ring (bicyclic) bond motifs is 3. The van der Waals surface area contributed by atoms with Gasteiger partial charge in [-0.15, -0.1) is 13.2 Å². The second kappa shape index (κ2) is 12.6. The molecule has 1 aliphatic carbocycles. The minimum Gasteiger partial charge on any atom is -0.462 e. The van der Waals surface area contributed by atoms with Gasteiger partial charge in [0.2, 0.25) is 11.8 Å². The zero-order valence-corrected chi connectivity index (χ0v) is 28.1. The highest BCUT2D eigenvalue weighted by molar-refractivity contribution is 6.31. The molecule has 3 fully saturated rings. The van der Waals surface area contributed by atoms with Crippen LogP contribution in [0.4, 0.5) is 34.6 Å². The van der Waals surface area contributed by atoms with E-state index in [9.17, 15) is 37.7 Å². The molecule has 3 aliphatic heterocycles. The molecular formula is C34H28Cl2F4N4O7. The number of nitrogens with one attached hydrogen (secondary N) is 1. The van der Waals surface area contributed by atoms with Crippen molar-refractivity contribution in [2.24, 2.45) is 11.8 Å². The monoisotopic (exact) mass is 750 g/mol. The number of halogens is 6. The number of nitro benzene ring substituents is 1. The highest BCUT2D eigenvalue weighted by Crippen LogP contribution is 2.62. The highest BCUT2D eigenvalue weighted by atomic mass is 35.5. The fourth-order valence-electron chi connectivity index (χ4n) is 7.97. The lowest BCUT2D eigenvalue weighted by Gasteiger charge is -2.40. The fourth-order valence-corrected chi connectivity index (χ4v) is 8.32. The molecule has 0 bridgehead atoms. The smallest absolute Gasteiger partial charge is 0.462 e. The van der Waals surface area contributed by atoms with Gasteiger partial charge in [0.1, 0.15) is 28.4 Å². The number of rotatable bonds is 8. The van der Waals surface area contributed by atoms with Crippen molar-refractivity contribution in [3.63, 3.8) is 0 Å². The third-order valence-corrected chi connectivity index (χ3v) is 10.5. The lowest BCUT2D eigenvalue weighted by Crippen LogP contribution is -2.54. The Hall–Kier alpha value is -4.47. The van der Waals surface area contributed by atoms with Gasteiger partial charge >= 0.3 is 12.3 Å². The third-order valence-electron chi connectivity index (χ3n) is 10.0. The molecule has 2 saturated heterocycles. The Bertz CT molecular complexity index is 1990. The van der Waals surface area contributed by atoms with Crippen LogP contribution in [0.5, 0.6) is 5.75 Å². The number of hydrogen-bond donors (Lipinski definition) is 1. The Morgan fingerprint density at radius 2 is 1.86 bits per heavy atom. The Kier molecular flexibility index (Phi) is 8.66. The maximum Gasteiger partial charge on any atom is 0.573 e.